The van der Waals surface area contributed by atoms with E-state index >= 15 is 0 Å². The highest BCUT2D eigenvalue weighted by atomic mass is 16.7. The molecule has 2 fully saturated rings. The van der Waals surface area contributed by atoms with Crippen molar-refractivity contribution >= 4 is 5.91 Å². The van der Waals surface area contributed by atoms with Gasteiger partial charge in [0, 0.05) is 6.42 Å². The normalized spacial score (nSPS) is 26.1. The maximum atomic E-state index is 13.2. The van der Waals surface area contributed by atoms with E-state index in [1.807, 2.05) is 6.08 Å². The molecule has 0 aromatic carbocycles. The van der Waals surface area contributed by atoms with Crippen LogP contribution in [0.3, 0.4) is 0 Å². The fourth-order valence-electron chi connectivity index (χ4n) is 8.83. The Balaban J connectivity index is 1.82. The van der Waals surface area contributed by atoms with E-state index in [1.54, 1.807) is 6.08 Å². The zero-order valence-corrected chi connectivity index (χ0v) is 44.4. The van der Waals surface area contributed by atoms with Gasteiger partial charge < -0.3 is 65.1 Å². The SMILES string of the molecule is CC/C=C\C/C=C\C/C=C\C/C=C\CCCCC(=O)NC(COC1OC(CO)C(OC2OC(CO)C(O)C(O)C2O)C(O)C1O)C(O)/C=C/CC/C=C/CCCCCCCCCCCCCCCCCCC. The molecule has 14 nitrogen and oxygen atoms in total. The summed E-state index contributed by atoms with van der Waals surface area (Å²) in [6.07, 6.45) is 39.5. The van der Waals surface area contributed by atoms with E-state index in [9.17, 15) is 45.6 Å². The Kier molecular flexibility index (Phi) is 39.7. The molecule has 416 valence electrons. The molecule has 72 heavy (non-hydrogen) atoms. The third kappa shape index (κ3) is 29.5. The number of aliphatic hydroxyl groups is 8. The standard InChI is InChI=1S/C58H101NO13/c1-3-5-7-9-11-13-15-17-19-20-21-22-23-24-25-26-28-29-31-33-35-37-39-41-47(62)46(59-50(63)42-40-38-36-34-32-30-27-18-16-14-12-10-8-6-4-2)45-69-57-55(68)53(66)56(49(44-61)71-57)72-58-54(67)52(65)51(64)48(43-60)70-58/h6,8,12,14,18,27,31-34,39,41,46-49,51-58,60-62,64-68H,3-5,7,9-11,13,15-17,19-26,28-30,35-38,40,42-45H2,1-2H3,(H,59,63)/b8-6-,14-12-,27-18-,33-31+,34-32-,41-39+. The molecule has 0 aliphatic carbocycles. The Morgan fingerprint density at radius 1 is 0.514 bits per heavy atom. The van der Waals surface area contributed by atoms with Crippen LogP contribution in [0.2, 0.25) is 0 Å². The highest BCUT2D eigenvalue weighted by molar-refractivity contribution is 5.76. The third-order valence-electron chi connectivity index (χ3n) is 13.4. The zero-order valence-electron chi connectivity index (χ0n) is 44.4. The van der Waals surface area contributed by atoms with Crippen LogP contribution in [0.4, 0.5) is 0 Å². The molecule has 12 atom stereocenters. The van der Waals surface area contributed by atoms with Crippen LogP contribution >= 0.6 is 0 Å². The predicted octanol–water partition coefficient (Wildman–Crippen LogP) is 8.77. The first-order valence-corrected chi connectivity index (χ1v) is 28.2. The van der Waals surface area contributed by atoms with E-state index in [2.05, 4.69) is 79.9 Å². The van der Waals surface area contributed by atoms with Crippen LogP contribution in [0.25, 0.3) is 0 Å². The van der Waals surface area contributed by atoms with Crippen molar-refractivity contribution in [1.29, 1.82) is 0 Å². The fraction of sp³-hybridized carbons (Fsp3) is 0.776. The van der Waals surface area contributed by atoms with Gasteiger partial charge in [0.1, 0.15) is 48.8 Å². The summed E-state index contributed by atoms with van der Waals surface area (Å²) in [6.45, 7) is 2.62. The number of ether oxygens (including phenoxy) is 4. The molecule has 0 radical (unpaired) electrons. The Morgan fingerprint density at radius 2 is 0.972 bits per heavy atom. The van der Waals surface area contributed by atoms with Crippen molar-refractivity contribution in [1.82, 2.24) is 5.32 Å². The highest BCUT2D eigenvalue weighted by Gasteiger charge is 2.51. The van der Waals surface area contributed by atoms with Gasteiger partial charge in [0.25, 0.3) is 0 Å². The van der Waals surface area contributed by atoms with Crippen molar-refractivity contribution in [3.8, 4) is 0 Å². The van der Waals surface area contributed by atoms with Gasteiger partial charge in [-0.15, -0.1) is 0 Å². The number of hydrogen-bond acceptors (Lipinski definition) is 13. The molecule has 2 saturated heterocycles. The molecule has 0 aromatic heterocycles. The van der Waals surface area contributed by atoms with Crippen LogP contribution in [-0.4, -0.2) is 140 Å². The second-order valence-corrected chi connectivity index (χ2v) is 19.7. The second kappa shape index (κ2) is 43.6. The topological polar surface area (TPSA) is 228 Å². The van der Waals surface area contributed by atoms with Gasteiger partial charge >= 0.3 is 0 Å². The van der Waals surface area contributed by atoms with Crippen molar-refractivity contribution in [3.05, 3.63) is 72.9 Å². The lowest BCUT2D eigenvalue weighted by molar-refractivity contribution is -0.359. The van der Waals surface area contributed by atoms with E-state index in [-0.39, 0.29) is 18.9 Å². The molecule has 0 saturated carbocycles. The fourth-order valence-corrected chi connectivity index (χ4v) is 8.83. The second-order valence-electron chi connectivity index (χ2n) is 19.7. The van der Waals surface area contributed by atoms with Gasteiger partial charge in [-0.05, 0) is 70.6 Å². The molecule has 2 aliphatic heterocycles. The first-order valence-electron chi connectivity index (χ1n) is 28.2. The van der Waals surface area contributed by atoms with E-state index in [0.717, 1.165) is 51.4 Å². The Labute approximate surface area is 434 Å². The van der Waals surface area contributed by atoms with E-state index in [1.165, 1.54) is 109 Å². The van der Waals surface area contributed by atoms with E-state index in [4.69, 9.17) is 18.9 Å². The average molecular weight is 1020 g/mol. The zero-order chi connectivity index (χ0) is 52.4. The Bertz CT molecular complexity index is 1480. The van der Waals surface area contributed by atoms with Crippen LogP contribution in [0.1, 0.15) is 194 Å². The summed E-state index contributed by atoms with van der Waals surface area (Å²) >= 11 is 0. The number of carbonyl (C=O) groups excluding carboxylic acids is 1. The minimum absolute atomic E-state index is 0.218. The predicted molar refractivity (Wildman–Crippen MR) is 286 cm³/mol. The molecule has 2 heterocycles. The first kappa shape index (κ1) is 65.5. The van der Waals surface area contributed by atoms with Gasteiger partial charge in [-0.3, -0.25) is 4.79 Å². The Hall–Kier alpha value is -2.57. The van der Waals surface area contributed by atoms with Gasteiger partial charge in [-0.1, -0.05) is 189 Å². The molecular formula is C58H101NO13. The first-order chi connectivity index (χ1) is 35.1. The third-order valence-corrected chi connectivity index (χ3v) is 13.4. The summed E-state index contributed by atoms with van der Waals surface area (Å²) in [5, 5.41) is 86.9. The van der Waals surface area contributed by atoms with Crippen LogP contribution in [-0.2, 0) is 23.7 Å². The number of unbranched alkanes of at least 4 members (excludes halogenated alkanes) is 20. The number of carbonyl (C=O) groups is 1. The van der Waals surface area contributed by atoms with E-state index < -0.39 is 86.8 Å². The Morgan fingerprint density at radius 3 is 1.53 bits per heavy atom. The van der Waals surface area contributed by atoms with Gasteiger partial charge in [-0.25, -0.2) is 0 Å². The largest absolute Gasteiger partial charge is 0.394 e. The molecular weight excluding hydrogens is 919 g/mol. The lowest BCUT2D eigenvalue weighted by atomic mass is 9.97. The van der Waals surface area contributed by atoms with Crippen molar-refractivity contribution in [2.75, 3.05) is 19.8 Å². The number of aliphatic hydroxyl groups excluding tert-OH is 8. The van der Waals surface area contributed by atoms with Crippen LogP contribution in [0.15, 0.2) is 72.9 Å². The smallest absolute Gasteiger partial charge is 0.220 e. The molecule has 14 heteroatoms. The molecule has 0 aromatic rings. The van der Waals surface area contributed by atoms with Gasteiger partial charge in [0.2, 0.25) is 5.91 Å². The number of rotatable bonds is 43. The molecule has 9 N–H and O–H groups in total. The summed E-state index contributed by atoms with van der Waals surface area (Å²) in [6, 6.07) is -0.957. The summed E-state index contributed by atoms with van der Waals surface area (Å²) in [5.41, 5.74) is 0. The molecule has 2 rings (SSSR count). The number of hydrogen-bond donors (Lipinski definition) is 9. The van der Waals surface area contributed by atoms with Crippen molar-refractivity contribution in [2.24, 2.45) is 0 Å². The molecule has 2 aliphatic rings. The highest BCUT2D eigenvalue weighted by Crippen LogP contribution is 2.30. The van der Waals surface area contributed by atoms with E-state index in [0.29, 0.717) is 12.8 Å². The molecule has 0 spiro atoms. The summed E-state index contributed by atoms with van der Waals surface area (Å²) in [7, 11) is 0. The maximum Gasteiger partial charge on any atom is 0.220 e. The molecule has 1 amide bonds. The van der Waals surface area contributed by atoms with Crippen LogP contribution in [0.5, 0.6) is 0 Å². The minimum atomic E-state index is -1.80. The van der Waals surface area contributed by atoms with Crippen LogP contribution < -0.4 is 5.32 Å². The number of amides is 1. The van der Waals surface area contributed by atoms with Crippen molar-refractivity contribution < 1.29 is 64.6 Å². The van der Waals surface area contributed by atoms with Crippen molar-refractivity contribution in [3.63, 3.8) is 0 Å². The maximum absolute atomic E-state index is 13.2. The quantitative estimate of drug-likeness (QED) is 0.0206. The average Bonchev–Trinajstić information content (AvgIpc) is 3.38. The monoisotopic (exact) mass is 1020 g/mol. The lowest BCUT2D eigenvalue weighted by Gasteiger charge is -2.46. The summed E-state index contributed by atoms with van der Waals surface area (Å²) in [4.78, 5) is 13.2. The number of nitrogens with one attached hydrogen (secondary N) is 1. The van der Waals surface area contributed by atoms with Crippen molar-refractivity contribution in [2.45, 2.75) is 267 Å². The lowest BCUT2D eigenvalue weighted by Crippen LogP contribution is -2.65. The molecule has 12 unspecified atom stereocenters. The van der Waals surface area contributed by atoms with Gasteiger partial charge in [-0.2, -0.15) is 0 Å². The van der Waals surface area contributed by atoms with Crippen LogP contribution in [0, 0.1) is 0 Å². The number of allylic oxidation sites excluding steroid dienone is 11. The summed E-state index contributed by atoms with van der Waals surface area (Å²) in [5.74, 6) is -0.292. The molecule has 0 bridgehead atoms. The minimum Gasteiger partial charge on any atom is -0.394 e. The summed E-state index contributed by atoms with van der Waals surface area (Å²) < 4.78 is 22.7. The van der Waals surface area contributed by atoms with Gasteiger partial charge in [0.05, 0.1) is 32.0 Å². The van der Waals surface area contributed by atoms with Gasteiger partial charge in [0.15, 0.2) is 12.6 Å².